The molecule has 6 nitrogen and oxygen atoms in total. The number of ether oxygens (including phenoxy) is 1. The highest BCUT2D eigenvalue weighted by molar-refractivity contribution is 5.90. The fourth-order valence-electron chi connectivity index (χ4n) is 2.95. The maximum atomic E-state index is 11.5. The van der Waals surface area contributed by atoms with E-state index in [1.54, 1.807) is 12.1 Å². The first kappa shape index (κ1) is 14.0. The number of carbonyl (C=O) groups is 1. The number of carbonyl (C=O) groups excluding carboxylic acids is 1. The van der Waals surface area contributed by atoms with E-state index in [0.717, 1.165) is 25.3 Å². The lowest BCUT2D eigenvalue weighted by molar-refractivity contribution is 0.0600. The second-order valence-electron chi connectivity index (χ2n) is 5.50. The molecule has 2 aromatic heterocycles. The van der Waals surface area contributed by atoms with Crippen LogP contribution < -0.4 is 0 Å². The van der Waals surface area contributed by atoms with E-state index in [9.17, 15) is 4.79 Å². The third-order valence-corrected chi connectivity index (χ3v) is 4.19. The number of esters is 1. The van der Waals surface area contributed by atoms with Crippen molar-refractivity contribution < 1.29 is 9.53 Å². The standard InChI is InChI=1S/C15H20N4O2/c1-3-18-6-4-11(10-18)8-13-16-17-14-9-12(15(20)21-2)5-7-19(13)14/h5,7,9,11H,3-4,6,8,10H2,1-2H3. The molecule has 1 aliphatic heterocycles. The van der Waals surface area contributed by atoms with Crippen LogP contribution in [0.25, 0.3) is 5.65 Å². The highest BCUT2D eigenvalue weighted by Gasteiger charge is 2.23. The van der Waals surface area contributed by atoms with Crippen LogP contribution in [0.1, 0.15) is 29.5 Å². The van der Waals surface area contributed by atoms with Gasteiger partial charge in [-0.1, -0.05) is 6.92 Å². The molecule has 3 rings (SSSR count). The fourth-order valence-corrected chi connectivity index (χ4v) is 2.95. The van der Waals surface area contributed by atoms with E-state index in [1.165, 1.54) is 20.1 Å². The van der Waals surface area contributed by atoms with Gasteiger partial charge < -0.3 is 9.64 Å². The number of nitrogens with zero attached hydrogens (tertiary/aromatic N) is 4. The maximum Gasteiger partial charge on any atom is 0.338 e. The number of pyridine rings is 1. The summed E-state index contributed by atoms with van der Waals surface area (Å²) >= 11 is 0. The lowest BCUT2D eigenvalue weighted by Crippen LogP contribution is -2.20. The van der Waals surface area contributed by atoms with Crippen LogP contribution in [0.15, 0.2) is 18.3 Å². The van der Waals surface area contributed by atoms with E-state index in [-0.39, 0.29) is 5.97 Å². The van der Waals surface area contributed by atoms with Gasteiger partial charge in [0, 0.05) is 19.2 Å². The maximum absolute atomic E-state index is 11.5. The summed E-state index contributed by atoms with van der Waals surface area (Å²) in [5.74, 6) is 1.25. The first-order valence-corrected chi connectivity index (χ1v) is 7.35. The molecule has 0 radical (unpaired) electrons. The van der Waals surface area contributed by atoms with Crippen LogP contribution in [0.2, 0.25) is 0 Å². The molecule has 0 N–H and O–H groups in total. The van der Waals surface area contributed by atoms with Gasteiger partial charge >= 0.3 is 5.97 Å². The molecule has 112 valence electrons. The monoisotopic (exact) mass is 288 g/mol. The van der Waals surface area contributed by atoms with Crippen LogP contribution in [0.5, 0.6) is 0 Å². The van der Waals surface area contributed by atoms with E-state index in [0.29, 0.717) is 17.1 Å². The zero-order valence-corrected chi connectivity index (χ0v) is 12.5. The van der Waals surface area contributed by atoms with Crippen LogP contribution in [-0.4, -0.2) is 52.2 Å². The highest BCUT2D eigenvalue weighted by atomic mass is 16.5. The van der Waals surface area contributed by atoms with Crippen LogP contribution in [0.3, 0.4) is 0 Å². The van der Waals surface area contributed by atoms with Gasteiger partial charge in [-0.25, -0.2) is 4.79 Å². The first-order chi connectivity index (χ1) is 10.2. The average Bonchev–Trinajstić information content (AvgIpc) is 3.13. The summed E-state index contributed by atoms with van der Waals surface area (Å²) in [7, 11) is 1.38. The largest absolute Gasteiger partial charge is 0.465 e. The Morgan fingerprint density at radius 2 is 2.33 bits per heavy atom. The summed E-state index contributed by atoms with van der Waals surface area (Å²) in [6.45, 7) is 5.61. The second kappa shape index (κ2) is 5.81. The van der Waals surface area contributed by atoms with Crippen molar-refractivity contribution in [1.29, 1.82) is 0 Å². The predicted molar refractivity (Wildman–Crippen MR) is 78.3 cm³/mol. The van der Waals surface area contributed by atoms with E-state index < -0.39 is 0 Å². The summed E-state index contributed by atoms with van der Waals surface area (Å²) in [6, 6.07) is 3.47. The Kier molecular flexibility index (Phi) is 3.88. The molecule has 21 heavy (non-hydrogen) atoms. The Labute approximate surface area is 123 Å². The van der Waals surface area contributed by atoms with Gasteiger partial charge in [-0.15, -0.1) is 10.2 Å². The average molecular weight is 288 g/mol. The number of hydrogen-bond donors (Lipinski definition) is 0. The smallest absolute Gasteiger partial charge is 0.338 e. The van der Waals surface area contributed by atoms with Gasteiger partial charge in [-0.2, -0.15) is 0 Å². The number of hydrogen-bond acceptors (Lipinski definition) is 5. The molecule has 0 saturated carbocycles. The minimum absolute atomic E-state index is 0.351. The normalized spacial score (nSPS) is 19.2. The van der Waals surface area contributed by atoms with Gasteiger partial charge in [-0.3, -0.25) is 4.40 Å². The van der Waals surface area contributed by atoms with Gasteiger partial charge in [-0.05, 0) is 37.6 Å². The van der Waals surface area contributed by atoms with Crippen LogP contribution in [0, 0.1) is 5.92 Å². The molecule has 1 saturated heterocycles. The molecule has 0 amide bonds. The Morgan fingerprint density at radius 3 is 3.05 bits per heavy atom. The molecule has 0 spiro atoms. The Hall–Kier alpha value is -1.95. The molecule has 1 atom stereocenters. The van der Waals surface area contributed by atoms with Gasteiger partial charge in [0.2, 0.25) is 0 Å². The van der Waals surface area contributed by atoms with E-state index in [2.05, 4.69) is 22.0 Å². The van der Waals surface area contributed by atoms with Crippen molar-refractivity contribution in [1.82, 2.24) is 19.5 Å². The van der Waals surface area contributed by atoms with Crippen molar-refractivity contribution in [3.63, 3.8) is 0 Å². The molecule has 0 aromatic carbocycles. The third-order valence-electron chi connectivity index (χ3n) is 4.19. The Morgan fingerprint density at radius 1 is 1.48 bits per heavy atom. The third kappa shape index (κ3) is 2.76. The van der Waals surface area contributed by atoms with Crippen molar-refractivity contribution in [3.05, 3.63) is 29.7 Å². The van der Waals surface area contributed by atoms with E-state index >= 15 is 0 Å². The van der Waals surface area contributed by atoms with Crippen LogP contribution >= 0.6 is 0 Å². The van der Waals surface area contributed by atoms with Crippen LogP contribution in [-0.2, 0) is 11.2 Å². The molecular formula is C15H20N4O2. The SMILES string of the molecule is CCN1CCC(Cc2nnc3cc(C(=O)OC)ccn23)C1. The van der Waals surface area contributed by atoms with Gasteiger partial charge in [0.15, 0.2) is 5.65 Å². The van der Waals surface area contributed by atoms with Gasteiger partial charge in [0.25, 0.3) is 0 Å². The van der Waals surface area contributed by atoms with Crippen molar-refractivity contribution in [2.75, 3.05) is 26.7 Å². The Balaban J connectivity index is 1.79. The lowest BCUT2D eigenvalue weighted by atomic mass is 10.0. The van der Waals surface area contributed by atoms with Crippen molar-refractivity contribution in [2.45, 2.75) is 19.8 Å². The number of rotatable bonds is 4. The Bertz CT molecular complexity index is 652. The van der Waals surface area contributed by atoms with Crippen molar-refractivity contribution in [2.24, 2.45) is 5.92 Å². The molecule has 6 heteroatoms. The molecule has 3 heterocycles. The molecule has 1 aliphatic rings. The van der Waals surface area contributed by atoms with Crippen molar-refractivity contribution in [3.8, 4) is 0 Å². The predicted octanol–water partition coefficient (Wildman–Crippen LogP) is 1.40. The van der Waals surface area contributed by atoms with Crippen LogP contribution in [0.4, 0.5) is 0 Å². The minimum atomic E-state index is -0.351. The zero-order valence-electron chi connectivity index (χ0n) is 12.5. The van der Waals surface area contributed by atoms with E-state index in [1.807, 2.05) is 10.6 Å². The summed E-state index contributed by atoms with van der Waals surface area (Å²) in [6.07, 6.45) is 3.99. The molecule has 0 bridgehead atoms. The molecule has 1 fully saturated rings. The number of likely N-dealkylation sites (tertiary alicyclic amines) is 1. The van der Waals surface area contributed by atoms with E-state index in [4.69, 9.17) is 4.74 Å². The molecule has 0 aliphatic carbocycles. The second-order valence-corrected chi connectivity index (χ2v) is 5.50. The highest BCUT2D eigenvalue weighted by Crippen LogP contribution is 2.20. The van der Waals surface area contributed by atoms with Crippen molar-refractivity contribution >= 4 is 11.6 Å². The quantitative estimate of drug-likeness (QED) is 0.796. The minimum Gasteiger partial charge on any atom is -0.465 e. The summed E-state index contributed by atoms with van der Waals surface area (Å²) in [4.78, 5) is 14.0. The van der Waals surface area contributed by atoms with Gasteiger partial charge in [0.1, 0.15) is 5.82 Å². The number of aromatic nitrogens is 3. The topological polar surface area (TPSA) is 59.7 Å². The molecule has 1 unspecified atom stereocenters. The summed E-state index contributed by atoms with van der Waals surface area (Å²) in [5, 5.41) is 8.45. The molecule has 2 aromatic rings. The number of fused-ring (bicyclic) bond motifs is 1. The molecular weight excluding hydrogens is 268 g/mol. The fraction of sp³-hybridized carbons (Fsp3) is 0.533. The summed E-state index contributed by atoms with van der Waals surface area (Å²) < 4.78 is 6.68. The van der Waals surface area contributed by atoms with Gasteiger partial charge in [0.05, 0.1) is 12.7 Å². The lowest BCUT2D eigenvalue weighted by Gasteiger charge is -2.12. The summed E-state index contributed by atoms with van der Waals surface area (Å²) in [5.41, 5.74) is 1.19. The zero-order chi connectivity index (χ0) is 14.8. The number of methoxy groups -OCH3 is 1. The first-order valence-electron chi connectivity index (χ1n) is 7.35.